The Bertz CT molecular complexity index is 542. The van der Waals surface area contributed by atoms with E-state index in [1.54, 1.807) is 4.88 Å². The molecule has 1 N–H and O–H groups in total. The molecule has 1 aliphatic heterocycles. The van der Waals surface area contributed by atoms with Gasteiger partial charge in [0, 0.05) is 22.3 Å². The van der Waals surface area contributed by atoms with Crippen molar-refractivity contribution in [3.8, 4) is 10.4 Å². The third kappa shape index (κ3) is 2.03. The first-order valence-corrected chi connectivity index (χ1v) is 6.99. The van der Waals surface area contributed by atoms with Crippen molar-refractivity contribution in [2.45, 2.75) is 26.3 Å². The zero-order valence-electron chi connectivity index (χ0n) is 10.3. The molecule has 1 nitrogen and oxygen atoms in total. The molecule has 1 aromatic carbocycles. The Morgan fingerprint density at radius 2 is 2.18 bits per heavy atom. The molecule has 0 saturated heterocycles. The number of hydrogen-bond donors (Lipinski definition) is 1. The summed E-state index contributed by atoms with van der Waals surface area (Å²) in [4.78, 5) is 2.97. The number of rotatable bonds is 1. The molecule has 1 aliphatic rings. The molecule has 17 heavy (non-hydrogen) atoms. The molecule has 2 aromatic rings. The van der Waals surface area contributed by atoms with Crippen LogP contribution in [0.5, 0.6) is 0 Å². The molecule has 0 radical (unpaired) electrons. The van der Waals surface area contributed by atoms with Crippen LogP contribution in [0, 0.1) is 6.92 Å². The molecule has 0 bridgehead atoms. The van der Waals surface area contributed by atoms with Gasteiger partial charge >= 0.3 is 0 Å². The van der Waals surface area contributed by atoms with Gasteiger partial charge in [0.05, 0.1) is 0 Å². The van der Waals surface area contributed by atoms with E-state index in [-0.39, 0.29) is 0 Å². The van der Waals surface area contributed by atoms with Gasteiger partial charge in [-0.3, -0.25) is 0 Å². The van der Waals surface area contributed by atoms with E-state index in [2.05, 4.69) is 49.5 Å². The van der Waals surface area contributed by atoms with Gasteiger partial charge in [-0.25, -0.2) is 0 Å². The summed E-state index contributed by atoms with van der Waals surface area (Å²) in [6.07, 6.45) is 1.18. The summed E-state index contributed by atoms with van der Waals surface area (Å²) in [6, 6.07) is 11.7. The molecule has 0 saturated carbocycles. The van der Waals surface area contributed by atoms with Gasteiger partial charge in [0.15, 0.2) is 0 Å². The van der Waals surface area contributed by atoms with Crippen molar-refractivity contribution >= 4 is 11.3 Å². The van der Waals surface area contributed by atoms with E-state index in [0.717, 1.165) is 6.54 Å². The van der Waals surface area contributed by atoms with Gasteiger partial charge in [-0.15, -0.1) is 11.3 Å². The maximum Gasteiger partial charge on any atom is 0.0349 e. The molecular weight excluding hydrogens is 226 g/mol. The minimum atomic E-state index is 0.508. The number of hydrogen-bond acceptors (Lipinski definition) is 2. The topological polar surface area (TPSA) is 12.0 Å². The highest BCUT2D eigenvalue weighted by molar-refractivity contribution is 7.15. The first kappa shape index (κ1) is 11.0. The summed E-state index contributed by atoms with van der Waals surface area (Å²) in [5.74, 6) is 0. The standard InChI is InChI=1S/C15H17NS/c1-10-4-3-5-12(8-10)15-9-13-11(2)16-7-6-14(13)17-15/h3-5,8-9,11,16H,6-7H2,1-2H3. The van der Waals surface area contributed by atoms with Crippen LogP contribution in [0.2, 0.25) is 0 Å². The van der Waals surface area contributed by atoms with Gasteiger partial charge < -0.3 is 5.32 Å². The lowest BCUT2D eigenvalue weighted by Crippen LogP contribution is -2.26. The Labute approximate surface area is 106 Å². The molecule has 88 valence electrons. The zero-order chi connectivity index (χ0) is 11.8. The molecule has 0 spiro atoms. The zero-order valence-corrected chi connectivity index (χ0v) is 11.1. The predicted molar refractivity (Wildman–Crippen MR) is 74.6 cm³/mol. The first-order chi connectivity index (χ1) is 8.24. The van der Waals surface area contributed by atoms with Crippen molar-refractivity contribution in [2.24, 2.45) is 0 Å². The largest absolute Gasteiger partial charge is 0.310 e. The Morgan fingerprint density at radius 1 is 1.29 bits per heavy atom. The van der Waals surface area contributed by atoms with Crippen LogP contribution in [-0.4, -0.2) is 6.54 Å². The van der Waals surface area contributed by atoms with Crippen molar-refractivity contribution in [3.63, 3.8) is 0 Å². The van der Waals surface area contributed by atoms with Crippen molar-refractivity contribution in [1.29, 1.82) is 0 Å². The van der Waals surface area contributed by atoms with Crippen LogP contribution in [0.1, 0.15) is 29.0 Å². The summed E-state index contributed by atoms with van der Waals surface area (Å²) in [5, 5.41) is 3.52. The highest BCUT2D eigenvalue weighted by atomic mass is 32.1. The quantitative estimate of drug-likeness (QED) is 0.800. The van der Waals surface area contributed by atoms with Crippen LogP contribution in [-0.2, 0) is 6.42 Å². The molecule has 1 unspecified atom stereocenters. The van der Waals surface area contributed by atoms with Crippen molar-refractivity contribution in [2.75, 3.05) is 6.54 Å². The Kier molecular flexibility index (Phi) is 2.77. The van der Waals surface area contributed by atoms with E-state index >= 15 is 0 Å². The summed E-state index contributed by atoms with van der Waals surface area (Å²) in [6.45, 7) is 5.52. The van der Waals surface area contributed by atoms with Crippen LogP contribution in [0.3, 0.4) is 0 Å². The molecule has 0 aliphatic carbocycles. The van der Waals surface area contributed by atoms with Crippen molar-refractivity contribution in [1.82, 2.24) is 5.32 Å². The van der Waals surface area contributed by atoms with E-state index in [1.165, 1.54) is 28.0 Å². The van der Waals surface area contributed by atoms with Crippen molar-refractivity contribution < 1.29 is 0 Å². The van der Waals surface area contributed by atoms with Gasteiger partial charge in [-0.2, -0.15) is 0 Å². The number of nitrogens with one attached hydrogen (secondary N) is 1. The van der Waals surface area contributed by atoms with Crippen LogP contribution >= 0.6 is 11.3 Å². The van der Waals surface area contributed by atoms with Gasteiger partial charge in [0.2, 0.25) is 0 Å². The monoisotopic (exact) mass is 243 g/mol. The Hall–Kier alpha value is -1.12. The second kappa shape index (κ2) is 4.28. The highest BCUT2D eigenvalue weighted by Crippen LogP contribution is 2.36. The smallest absolute Gasteiger partial charge is 0.0349 e. The van der Waals surface area contributed by atoms with Crippen LogP contribution in [0.15, 0.2) is 30.3 Å². The maximum atomic E-state index is 3.52. The minimum absolute atomic E-state index is 0.508. The SMILES string of the molecule is Cc1cccc(-c2cc3c(s2)CCNC3C)c1. The normalized spacial score (nSPS) is 19.1. The lowest BCUT2D eigenvalue weighted by Gasteiger charge is -2.19. The van der Waals surface area contributed by atoms with Crippen LogP contribution in [0.4, 0.5) is 0 Å². The first-order valence-electron chi connectivity index (χ1n) is 6.17. The fraction of sp³-hybridized carbons (Fsp3) is 0.333. The molecule has 0 fully saturated rings. The number of aryl methyl sites for hydroxylation is 1. The third-order valence-corrected chi connectivity index (χ3v) is 4.67. The van der Waals surface area contributed by atoms with E-state index in [9.17, 15) is 0 Å². The lowest BCUT2D eigenvalue weighted by atomic mass is 10.0. The molecule has 3 rings (SSSR count). The summed E-state index contributed by atoms with van der Waals surface area (Å²) in [7, 11) is 0. The van der Waals surface area contributed by atoms with Crippen molar-refractivity contribution in [3.05, 3.63) is 46.3 Å². The van der Waals surface area contributed by atoms with Crippen LogP contribution < -0.4 is 5.32 Å². The average molecular weight is 243 g/mol. The highest BCUT2D eigenvalue weighted by Gasteiger charge is 2.19. The summed E-state index contributed by atoms with van der Waals surface area (Å²) < 4.78 is 0. The molecule has 0 amide bonds. The van der Waals surface area contributed by atoms with Gasteiger partial charge in [0.25, 0.3) is 0 Å². The molecular formula is C15H17NS. The molecule has 1 aromatic heterocycles. The lowest BCUT2D eigenvalue weighted by molar-refractivity contribution is 0.547. The van der Waals surface area contributed by atoms with E-state index in [0.29, 0.717) is 6.04 Å². The fourth-order valence-electron chi connectivity index (χ4n) is 2.46. The average Bonchev–Trinajstić information content (AvgIpc) is 2.74. The van der Waals surface area contributed by atoms with Gasteiger partial charge in [-0.05, 0) is 37.5 Å². The van der Waals surface area contributed by atoms with E-state index in [4.69, 9.17) is 0 Å². The summed E-state index contributed by atoms with van der Waals surface area (Å²) in [5.41, 5.74) is 4.19. The van der Waals surface area contributed by atoms with E-state index < -0.39 is 0 Å². The maximum absolute atomic E-state index is 3.52. The number of benzene rings is 1. The predicted octanol–water partition coefficient (Wildman–Crippen LogP) is 3.93. The van der Waals surface area contributed by atoms with Crippen LogP contribution in [0.25, 0.3) is 10.4 Å². The summed E-state index contributed by atoms with van der Waals surface area (Å²) >= 11 is 1.96. The van der Waals surface area contributed by atoms with Gasteiger partial charge in [-0.1, -0.05) is 29.8 Å². The molecule has 2 heteroatoms. The third-order valence-electron chi connectivity index (χ3n) is 3.41. The second-order valence-electron chi connectivity index (χ2n) is 4.78. The fourth-order valence-corrected chi connectivity index (χ4v) is 3.71. The van der Waals surface area contributed by atoms with E-state index in [1.807, 2.05) is 11.3 Å². The Balaban J connectivity index is 2.05. The molecule has 1 atom stereocenters. The molecule has 2 heterocycles. The second-order valence-corrected chi connectivity index (χ2v) is 5.92. The Morgan fingerprint density at radius 3 is 2.94 bits per heavy atom. The number of thiophene rings is 1. The minimum Gasteiger partial charge on any atom is -0.310 e. The number of fused-ring (bicyclic) bond motifs is 1. The van der Waals surface area contributed by atoms with Gasteiger partial charge in [0.1, 0.15) is 0 Å².